The molecular weight excluding hydrogens is 443 g/mol. The van der Waals surface area contributed by atoms with Crippen LogP contribution in [0.1, 0.15) is 6.92 Å². The molecule has 0 bridgehead atoms. The highest BCUT2D eigenvalue weighted by Crippen LogP contribution is 2.32. The lowest BCUT2D eigenvalue weighted by Gasteiger charge is -2.35. The molecule has 26 heavy (non-hydrogen) atoms. The fourth-order valence-electron chi connectivity index (χ4n) is 2.67. The van der Waals surface area contributed by atoms with Crippen molar-refractivity contribution in [3.8, 4) is 5.75 Å². The minimum Gasteiger partial charge on any atom is -0.479 e. The Morgan fingerprint density at radius 1 is 1.19 bits per heavy atom. The van der Waals surface area contributed by atoms with Gasteiger partial charge in [0, 0.05) is 38.6 Å². The summed E-state index contributed by atoms with van der Waals surface area (Å²) >= 11 is 15.4. The summed E-state index contributed by atoms with van der Waals surface area (Å²) < 4.78 is 6.55. The lowest BCUT2D eigenvalue weighted by atomic mass is 10.2. The van der Waals surface area contributed by atoms with E-state index in [1.807, 2.05) is 0 Å². The van der Waals surface area contributed by atoms with E-state index in [0.29, 0.717) is 47.9 Å². The normalized spacial score (nSPS) is 15.7. The molecule has 6 nitrogen and oxygen atoms in total. The minimum absolute atomic E-state index is 0.0857. The molecule has 0 spiro atoms. The molecule has 1 aliphatic rings. The molecule has 2 heterocycles. The molecule has 1 aromatic heterocycles. The second kappa shape index (κ2) is 8.41. The van der Waals surface area contributed by atoms with Gasteiger partial charge in [-0.1, -0.05) is 29.3 Å². The first-order chi connectivity index (χ1) is 12.5. The van der Waals surface area contributed by atoms with Crippen LogP contribution in [-0.4, -0.2) is 53.1 Å². The number of piperazine rings is 1. The average Bonchev–Trinajstić information content (AvgIpc) is 2.65. The number of aromatic nitrogens is 2. The van der Waals surface area contributed by atoms with Crippen LogP contribution < -0.4 is 9.64 Å². The Morgan fingerprint density at radius 3 is 2.50 bits per heavy atom. The van der Waals surface area contributed by atoms with Gasteiger partial charge in [-0.2, -0.15) is 0 Å². The second-order valence-corrected chi connectivity index (χ2v) is 7.53. The summed E-state index contributed by atoms with van der Waals surface area (Å²) in [6.07, 6.45) is 2.77. The number of halogens is 3. The van der Waals surface area contributed by atoms with Crippen molar-refractivity contribution >= 4 is 51.0 Å². The maximum Gasteiger partial charge on any atom is 0.263 e. The molecule has 1 aliphatic heterocycles. The highest BCUT2D eigenvalue weighted by Gasteiger charge is 2.27. The number of carbonyl (C=O) groups excluding carboxylic acids is 1. The standard InChI is InChI=1S/C17H17BrCl2N4O2/c1-11(26-14-4-2-3-13(19)15(14)20)16(25)23-5-7-24(8-6-23)17-21-9-12(18)10-22-17/h2-4,9-11H,5-8H2,1H3. The largest absolute Gasteiger partial charge is 0.479 e. The number of benzene rings is 1. The number of amides is 1. The highest BCUT2D eigenvalue weighted by molar-refractivity contribution is 9.10. The molecule has 1 saturated heterocycles. The predicted molar refractivity (Wildman–Crippen MR) is 105 cm³/mol. The van der Waals surface area contributed by atoms with Gasteiger partial charge in [0.25, 0.3) is 5.91 Å². The van der Waals surface area contributed by atoms with Crippen molar-refractivity contribution < 1.29 is 9.53 Å². The first-order valence-corrected chi connectivity index (χ1v) is 9.62. The lowest BCUT2D eigenvalue weighted by molar-refractivity contribution is -0.138. The lowest BCUT2D eigenvalue weighted by Crippen LogP contribution is -2.52. The summed E-state index contributed by atoms with van der Waals surface area (Å²) in [5, 5.41) is 0.706. The van der Waals surface area contributed by atoms with E-state index in [2.05, 4.69) is 30.8 Å². The SMILES string of the molecule is CC(Oc1cccc(Cl)c1Cl)C(=O)N1CCN(c2ncc(Br)cn2)CC1. The van der Waals surface area contributed by atoms with Gasteiger partial charge in [0.2, 0.25) is 5.95 Å². The van der Waals surface area contributed by atoms with Crippen molar-refractivity contribution in [2.75, 3.05) is 31.1 Å². The molecule has 0 radical (unpaired) electrons. The molecule has 1 fully saturated rings. The Bertz CT molecular complexity index is 783. The van der Waals surface area contributed by atoms with Gasteiger partial charge in [-0.3, -0.25) is 4.79 Å². The molecule has 1 amide bonds. The molecule has 3 rings (SSSR count). The van der Waals surface area contributed by atoms with Crippen LogP contribution in [0.15, 0.2) is 35.1 Å². The van der Waals surface area contributed by atoms with Crippen LogP contribution in [0.2, 0.25) is 10.0 Å². The second-order valence-electron chi connectivity index (χ2n) is 5.83. The van der Waals surface area contributed by atoms with Gasteiger partial charge in [0.1, 0.15) is 10.8 Å². The van der Waals surface area contributed by atoms with E-state index in [0.717, 1.165) is 4.47 Å². The fourth-order valence-corrected chi connectivity index (χ4v) is 3.21. The van der Waals surface area contributed by atoms with Crippen LogP contribution in [0.25, 0.3) is 0 Å². The zero-order valence-corrected chi connectivity index (χ0v) is 17.1. The summed E-state index contributed by atoms with van der Waals surface area (Å²) in [5.74, 6) is 0.981. The van der Waals surface area contributed by atoms with E-state index in [-0.39, 0.29) is 5.91 Å². The van der Waals surface area contributed by atoms with Gasteiger partial charge in [-0.25, -0.2) is 9.97 Å². The van der Waals surface area contributed by atoms with Gasteiger partial charge in [-0.05, 0) is 35.0 Å². The molecule has 0 aliphatic carbocycles. The Labute approximate surface area is 170 Å². The smallest absolute Gasteiger partial charge is 0.263 e. The zero-order chi connectivity index (χ0) is 18.7. The van der Waals surface area contributed by atoms with E-state index >= 15 is 0 Å². The molecule has 1 atom stereocenters. The van der Waals surface area contributed by atoms with E-state index in [9.17, 15) is 4.79 Å². The Morgan fingerprint density at radius 2 is 1.85 bits per heavy atom. The Hall–Kier alpha value is -1.57. The van der Waals surface area contributed by atoms with E-state index < -0.39 is 6.10 Å². The third kappa shape index (κ3) is 4.39. The molecule has 1 unspecified atom stereocenters. The minimum atomic E-state index is -0.651. The van der Waals surface area contributed by atoms with Gasteiger partial charge in [0.05, 0.1) is 9.50 Å². The van der Waals surface area contributed by atoms with Crippen molar-refractivity contribution in [1.29, 1.82) is 0 Å². The molecule has 0 saturated carbocycles. The summed E-state index contributed by atoms with van der Waals surface area (Å²) in [5.41, 5.74) is 0. The third-order valence-corrected chi connectivity index (χ3v) is 5.26. The monoisotopic (exact) mass is 458 g/mol. The number of ether oxygens (including phenoxy) is 1. The van der Waals surface area contributed by atoms with Gasteiger partial charge < -0.3 is 14.5 Å². The fraction of sp³-hybridized carbons (Fsp3) is 0.353. The number of anilines is 1. The van der Waals surface area contributed by atoms with Crippen LogP contribution in [0.4, 0.5) is 5.95 Å². The third-order valence-electron chi connectivity index (χ3n) is 4.05. The van der Waals surface area contributed by atoms with Crippen LogP contribution in [0, 0.1) is 0 Å². The van der Waals surface area contributed by atoms with Crippen LogP contribution in [-0.2, 0) is 4.79 Å². The maximum absolute atomic E-state index is 12.7. The zero-order valence-electron chi connectivity index (χ0n) is 14.0. The molecule has 0 N–H and O–H groups in total. The van der Waals surface area contributed by atoms with Crippen molar-refractivity contribution in [2.24, 2.45) is 0 Å². The van der Waals surface area contributed by atoms with Crippen LogP contribution in [0.3, 0.4) is 0 Å². The number of rotatable bonds is 4. The van der Waals surface area contributed by atoms with Gasteiger partial charge in [-0.15, -0.1) is 0 Å². The molecule has 9 heteroatoms. The number of hydrogen-bond acceptors (Lipinski definition) is 5. The van der Waals surface area contributed by atoms with Gasteiger partial charge >= 0.3 is 0 Å². The summed E-state index contributed by atoms with van der Waals surface area (Å²) in [7, 11) is 0. The van der Waals surface area contributed by atoms with Gasteiger partial charge in [0.15, 0.2) is 6.10 Å². The van der Waals surface area contributed by atoms with E-state index in [1.54, 1.807) is 42.4 Å². The first-order valence-electron chi connectivity index (χ1n) is 8.07. The van der Waals surface area contributed by atoms with E-state index in [1.165, 1.54) is 0 Å². The van der Waals surface area contributed by atoms with Crippen molar-refractivity contribution in [3.05, 3.63) is 45.1 Å². The average molecular weight is 460 g/mol. The molecular formula is C17H17BrCl2N4O2. The Kier molecular flexibility index (Phi) is 6.21. The molecule has 1 aromatic carbocycles. The summed E-state index contributed by atoms with van der Waals surface area (Å²) in [6, 6.07) is 5.10. The van der Waals surface area contributed by atoms with Crippen molar-refractivity contribution in [3.63, 3.8) is 0 Å². The number of carbonyl (C=O) groups is 1. The molecule has 138 valence electrons. The van der Waals surface area contributed by atoms with Crippen LogP contribution >= 0.6 is 39.1 Å². The highest BCUT2D eigenvalue weighted by atomic mass is 79.9. The maximum atomic E-state index is 12.7. The summed E-state index contributed by atoms with van der Waals surface area (Å²) in [6.45, 7) is 4.20. The quantitative estimate of drug-likeness (QED) is 0.698. The molecule has 2 aromatic rings. The predicted octanol–water partition coefficient (Wildman–Crippen LogP) is 3.66. The first kappa shape index (κ1) is 19.2. The number of hydrogen-bond donors (Lipinski definition) is 0. The number of nitrogens with zero attached hydrogens (tertiary/aromatic N) is 4. The van der Waals surface area contributed by atoms with E-state index in [4.69, 9.17) is 27.9 Å². The summed E-state index contributed by atoms with van der Waals surface area (Å²) in [4.78, 5) is 25.1. The van der Waals surface area contributed by atoms with Crippen molar-refractivity contribution in [2.45, 2.75) is 13.0 Å². The van der Waals surface area contributed by atoms with Crippen LogP contribution in [0.5, 0.6) is 5.75 Å². The Balaban J connectivity index is 1.57. The van der Waals surface area contributed by atoms with Crippen molar-refractivity contribution in [1.82, 2.24) is 14.9 Å². The topological polar surface area (TPSA) is 58.6 Å².